The highest BCUT2D eigenvalue weighted by Crippen LogP contribution is 2.17. The van der Waals surface area contributed by atoms with Gasteiger partial charge in [0.1, 0.15) is 5.82 Å². The van der Waals surface area contributed by atoms with Gasteiger partial charge in [-0.05, 0) is 12.3 Å². The molecule has 0 aliphatic carbocycles. The zero-order valence-electron chi connectivity index (χ0n) is 20.8. The average Bonchev–Trinajstić information content (AvgIpc) is 3.21. The van der Waals surface area contributed by atoms with Crippen molar-refractivity contribution in [3.8, 4) is 11.4 Å². The molecule has 0 fully saturated rings. The minimum absolute atomic E-state index is 0.152. The summed E-state index contributed by atoms with van der Waals surface area (Å²) in [7, 11) is 0. The Hall–Kier alpha value is -4.08. The maximum Gasteiger partial charge on any atom is 0.330 e. The van der Waals surface area contributed by atoms with E-state index in [0.717, 1.165) is 18.4 Å². The molecule has 2 N–H and O–H groups in total. The summed E-state index contributed by atoms with van der Waals surface area (Å²) in [6.07, 6.45) is 5.32. The molecule has 0 bridgehead atoms. The zero-order valence-corrected chi connectivity index (χ0v) is 20.8. The Bertz CT molecular complexity index is 1450. The summed E-state index contributed by atoms with van der Waals surface area (Å²) in [5, 5.41) is 2.82. The number of amides is 1. The quantitative estimate of drug-likeness (QED) is 0.352. The van der Waals surface area contributed by atoms with Crippen LogP contribution < -0.4 is 16.6 Å². The van der Waals surface area contributed by atoms with Crippen LogP contribution in [0.1, 0.15) is 45.9 Å². The van der Waals surface area contributed by atoms with Gasteiger partial charge < -0.3 is 9.88 Å². The number of benzene rings is 1. The molecule has 4 rings (SSSR count). The molecule has 3 aromatic heterocycles. The van der Waals surface area contributed by atoms with Crippen molar-refractivity contribution in [3.63, 3.8) is 0 Å². The summed E-state index contributed by atoms with van der Waals surface area (Å²) in [4.78, 5) is 53.7. The van der Waals surface area contributed by atoms with Crippen LogP contribution in [0.2, 0.25) is 0 Å². The summed E-state index contributed by atoms with van der Waals surface area (Å²) in [5.74, 6) is 1.21. The smallest absolute Gasteiger partial charge is 0.323 e. The van der Waals surface area contributed by atoms with E-state index in [0.29, 0.717) is 48.0 Å². The van der Waals surface area contributed by atoms with Crippen molar-refractivity contribution < 1.29 is 4.79 Å². The van der Waals surface area contributed by atoms with Crippen LogP contribution in [-0.4, -0.2) is 35.0 Å². The number of aryl methyl sites for hydroxylation is 2. The second-order valence-corrected chi connectivity index (χ2v) is 9.18. The number of nitrogens with one attached hydrogen (secondary N) is 2. The van der Waals surface area contributed by atoms with Crippen molar-refractivity contribution in [1.29, 1.82) is 0 Å². The molecule has 188 valence electrons. The number of imidazole rings is 1. The second kappa shape index (κ2) is 11.1. The zero-order chi connectivity index (χ0) is 25.7. The Morgan fingerprint density at radius 3 is 2.47 bits per heavy atom. The molecular weight excluding hydrogens is 458 g/mol. The molecule has 0 aliphatic heterocycles. The highest BCUT2D eigenvalue weighted by atomic mass is 16.2. The van der Waals surface area contributed by atoms with Crippen LogP contribution in [0.5, 0.6) is 0 Å². The maximum absolute atomic E-state index is 12.7. The fourth-order valence-electron chi connectivity index (χ4n) is 4.07. The fourth-order valence-corrected chi connectivity index (χ4v) is 4.07. The number of hydrogen-bond acceptors (Lipinski definition) is 6. The van der Waals surface area contributed by atoms with Crippen LogP contribution in [0.15, 0.2) is 52.3 Å². The summed E-state index contributed by atoms with van der Waals surface area (Å²) in [6, 6.07) is 9.59. The van der Waals surface area contributed by atoms with Gasteiger partial charge in [0.05, 0.1) is 18.1 Å². The third kappa shape index (κ3) is 5.59. The number of aromatic amines is 1. The van der Waals surface area contributed by atoms with Gasteiger partial charge in [-0.25, -0.2) is 19.7 Å². The Kier molecular flexibility index (Phi) is 7.72. The van der Waals surface area contributed by atoms with E-state index in [2.05, 4.69) is 25.3 Å². The highest BCUT2D eigenvalue weighted by Gasteiger charge is 2.20. The van der Waals surface area contributed by atoms with E-state index in [4.69, 9.17) is 0 Å². The first kappa shape index (κ1) is 25.0. The maximum atomic E-state index is 12.7. The highest BCUT2D eigenvalue weighted by molar-refractivity contribution is 5.90. The summed E-state index contributed by atoms with van der Waals surface area (Å²) >= 11 is 0. The van der Waals surface area contributed by atoms with Crippen LogP contribution in [0.4, 0.5) is 5.69 Å². The molecule has 4 aromatic rings. The number of fused-ring (bicyclic) bond motifs is 1. The lowest BCUT2D eigenvalue weighted by Crippen LogP contribution is -2.31. The monoisotopic (exact) mass is 489 g/mol. The third-order valence-corrected chi connectivity index (χ3v) is 5.79. The van der Waals surface area contributed by atoms with Gasteiger partial charge in [0.2, 0.25) is 5.91 Å². The predicted octanol–water partition coefficient (Wildman–Crippen LogP) is 3.37. The number of unbranched alkanes of at least 4 members (excludes halogenated alkanes) is 1. The van der Waals surface area contributed by atoms with Crippen LogP contribution in [0.3, 0.4) is 0 Å². The van der Waals surface area contributed by atoms with Crippen LogP contribution >= 0.6 is 0 Å². The molecule has 3 heterocycles. The molecule has 1 amide bonds. The number of aromatic nitrogens is 6. The van der Waals surface area contributed by atoms with Crippen molar-refractivity contribution in [2.45, 2.75) is 59.5 Å². The van der Waals surface area contributed by atoms with Gasteiger partial charge in [-0.2, -0.15) is 0 Å². The van der Waals surface area contributed by atoms with E-state index in [1.165, 1.54) is 4.57 Å². The first-order valence-corrected chi connectivity index (χ1v) is 12.3. The number of hydrogen-bond donors (Lipinski definition) is 2. The number of carbonyl (C=O) groups is 1. The molecule has 0 saturated heterocycles. The van der Waals surface area contributed by atoms with Gasteiger partial charge in [-0.3, -0.25) is 19.1 Å². The minimum Gasteiger partial charge on any atom is -0.323 e. The molecule has 0 spiro atoms. The molecule has 1 aromatic carbocycles. The van der Waals surface area contributed by atoms with Crippen molar-refractivity contribution >= 4 is 22.8 Å². The van der Waals surface area contributed by atoms with E-state index in [1.807, 2.05) is 55.7 Å². The number of nitrogens with zero attached hydrogens (tertiary/aromatic N) is 5. The Balaban J connectivity index is 1.54. The molecule has 0 unspecified atom stereocenters. The van der Waals surface area contributed by atoms with E-state index in [-0.39, 0.29) is 18.2 Å². The van der Waals surface area contributed by atoms with Crippen molar-refractivity contribution in [3.05, 3.63) is 69.4 Å². The van der Waals surface area contributed by atoms with E-state index in [1.54, 1.807) is 12.4 Å². The fraction of sp³-hybridized carbons (Fsp3) is 0.385. The molecule has 10 heteroatoms. The summed E-state index contributed by atoms with van der Waals surface area (Å²) < 4.78 is 3.36. The van der Waals surface area contributed by atoms with Crippen molar-refractivity contribution in [2.75, 3.05) is 5.32 Å². The Morgan fingerprint density at radius 1 is 1.08 bits per heavy atom. The minimum atomic E-state index is -0.460. The van der Waals surface area contributed by atoms with Crippen LogP contribution in [0, 0.1) is 5.92 Å². The third-order valence-electron chi connectivity index (χ3n) is 5.79. The summed E-state index contributed by atoms with van der Waals surface area (Å²) in [6.45, 7) is 7.15. The van der Waals surface area contributed by atoms with Gasteiger partial charge in [0.15, 0.2) is 17.0 Å². The van der Waals surface area contributed by atoms with Crippen molar-refractivity contribution in [1.82, 2.24) is 29.1 Å². The van der Waals surface area contributed by atoms with Crippen molar-refractivity contribution in [2.24, 2.45) is 5.92 Å². The van der Waals surface area contributed by atoms with E-state index >= 15 is 0 Å². The number of anilines is 1. The molecule has 0 saturated carbocycles. The molecule has 0 aliphatic rings. The van der Waals surface area contributed by atoms with Crippen LogP contribution in [0.25, 0.3) is 22.6 Å². The average molecular weight is 490 g/mol. The topological polar surface area (TPSA) is 128 Å². The summed E-state index contributed by atoms with van der Waals surface area (Å²) in [5.41, 5.74) is 1.23. The number of carbonyl (C=O) groups excluding carboxylic acids is 1. The largest absolute Gasteiger partial charge is 0.330 e. The van der Waals surface area contributed by atoms with Crippen LogP contribution in [-0.2, 0) is 24.3 Å². The number of H-pyrrole nitrogens is 1. The van der Waals surface area contributed by atoms with Gasteiger partial charge in [-0.15, -0.1) is 0 Å². The standard InChI is InChI=1S/C26H31N7O3/c1-4-5-13-32-24-22(25(35)31-26(32)36)33(16-17(2)3)20(30-24)11-12-21(34)29-19-14-27-23(28-15-19)18-9-7-6-8-10-18/h6-10,14-15,17H,4-5,11-13,16H2,1-3H3,(H,29,34)(H,31,35,36). The van der Waals surface area contributed by atoms with Gasteiger partial charge in [0, 0.05) is 31.5 Å². The molecule has 0 atom stereocenters. The van der Waals surface area contributed by atoms with Gasteiger partial charge >= 0.3 is 5.69 Å². The Labute approximate surface area is 208 Å². The molecular formula is C26H31N7O3. The second-order valence-electron chi connectivity index (χ2n) is 9.18. The first-order valence-electron chi connectivity index (χ1n) is 12.3. The Morgan fingerprint density at radius 2 is 1.81 bits per heavy atom. The van der Waals surface area contributed by atoms with E-state index < -0.39 is 11.2 Å². The first-order chi connectivity index (χ1) is 17.4. The lowest BCUT2D eigenvalue weighted by molar-refractivity contribution is -0.116. The molecule has 0 radical (unpaired) electrons. The van der Waals surface area contributed by atoms with E-state index in [9.17, 15) is 14.4 Å². The molecule has 10 nitrogen and oxygen atoms in total. The lowest BCUT2D eigenvalue weighted by atomic mass is 10.2. The lowest BCUT2D eigenvalue weighted by Gasteiger charge is -2.11. The van der Waals surface area contributed by atoms with Gasteiger partial charge in [0.25, 0.3) is 5.56 Å². The predicted molar refractivity (Wildman–Crippen MR) is 139 cm³/mol. The normalized spacial score (nSPS) is 11.3. The van der Waals surface area contributed by atoms with Gasteiger partial charge in [-0.1, -0.05) is 57.5 Å². The number of rotatable bonds is 10. The molecule has 36 heavy (non-hydrogen) atoms. The SMILES string of the molecule is CCCCn1c(=O)[nH]c(=O)c2c1nc(CCC(=O)Nc1cnc(-c3ccccc3)nc1)n2CC(C)C.